The van der Waals surface area contributed by atoms with E-state index in [0.717, 1.165) is 36.5 Å². The van der Waals surface area contributed by atoms with Gasteiger partial charge in [0, 0.05) is 37.1 Å². The van der Waals surface area contributed by atoms with Crippen LogP contribution in [0.1, 0.15) is 12.8 Å². The molecule has 31 heavy (non-hydrogen) atoms. The minimum Gasteiger partial charge on any atom is -0.497 e. The van der Waals surface area contributed by atoms with Crippen LogP contribution in [0.3, 0.4) is 0 Å². The van der Waals surface area contributed by atoms with E-state index in [2.05, 4.69) is 25.4 Å². The third-order valence-corrected chi connectivity index (χ3v) is 5.39. The van der Waals surface area contributed by atoms with Gasteiger partial charge in [0.15, 0.2) is 5.82 Å². The molecule has 0 aliphatic carbocycles. The van der Waals surface area contributed by atoms with Crippen LogP contribution in [0.4, 0.5) is 11.5 Å². The Kier molecular flexibility index (Phi) is 6.26. The molecule has 0 radical (unpaired) electrons. The molecule has 1 saturated heterocycles. The van der Waals surface area contributed by atoms with Crippen LogP contribution < -0.4 is 19.7 Å². The lowest BCUT2D eigenvalue weighted by Gasteiger charge is -2.32. The number of aromatic nitrogens is 3. The maximum absolute atomic E-state index is 12.9. The number of nitrogens with one attached hydrogen (secondary N) is 1. The zero-order valence-corrected chi connectivity index (χ0v) is 17.6. The Morgan fingerprint density at radius 2 is 2.03 bits per heavy atom. The summed E-state index contributed by atoms with van der Waals surface area (Å²) in [4.78, 5) is 19.2. The first kappa shape index (κ1) is 20.6. The molecule has 1 aliphatic rings. The number of piperidine rings is 1. The fraction of sp³-hybridized carbons (Fsp3) is 0.304. The molecule has 1 aromatic carbocycles. The second kappa shape index (κ2) is 9.42. The van der Waals surface area contributed by atoms with E-state index >= 15 is 0 Å². The molecule has 1 N–H and O–H groups in total. The van der Waals surface area contributed by atoms with Crippen molar-refractivity contribution in [2.75, 3.05) is 37.5 Å². The van der Waals surface area contributed by atoms with Crippen LogP contribution in [0.25, 0.3) is 11.3 Å². The minimum absolute atomic E-state index is 0.0342. The van der Waals surface area contributed by atoms with Crippen LogP contribution >= 0.6 is 0 Å². The van der Waals surface area contributed by atoms with Gasteiger partial charge in [-0.25, -0.2) is 0 Å². The van der Waals surface area contributed by atoms with E-state index in [1.807, 2.05) is 24.3 Å². The fourth-order valence-corrected chi connectivity index (χ4v) is 3.70. The quantitative estimate of drug-likeness (QED) is 0.655. The van der Waals surface area contributed by atoms with Crippen LogP contribution in [-0.2, 0) is 4.79 Å². The summed E-state index contributed by atoms with van der Waals surface area (Å²) in [5, 5.41) is 11.7. The number of methoxy groups -OCH3 is 2. The topological polar surface area (TPSA) is 89.5 Å². The Balaban J connectivity index is 1.43. The van der Waals surface area contributed by atoms with Crippen molar-refractivity contribution in [3.63, 3.8) is 0 Å². The highest BCUT2D eigenvalue weighted by Crippen LogP contribution is 2.30. The maximum Gasteiger partial charge on any atom is 0.229 e. The predicted octanol–water partition coefficient (Wildman–Crippen LogP) is 3.41. The zero-order valence-electron chi connectivity index (χ0n) is 17.6. The first-order chi connectivity index (χ1) is 15.2. The average Bonchev–Trinajstić information content (AvgIpc) is 2.85. The van der Waals surface area contributed by atoms with Gasteiger partial charge in [-0.1, -0.05) is 0 Å². The molecular formula is C23H25N5O3. The normalized spacial score (nSPS) is 15.9. The van der Waals surface area contributed by atoms with Gasteiger partial charge in [0.2, 0.25) is 5.91 Å². The van der Waals surface area contributed by atoms with Crippen LogP contribution in [0.5, 0.6) is 11.5 Å². The first-order valence-electron chi connectivity index (χ1n) is 10.2. The van der Waals surface area contributed by atoms with Crippen molar-refractivity contribution in [3.05, 3.63) is 54.9 Å². The van der Waals surface area contributed by atoms with Crippen LogP contribution in [0.15, 0.2) is 54.9 Å². The number of carbonyl (C=O) groups excluding carboxylic acids is 1. The lowest BCUT2D eigenvalue weighted by Crippen LogP contribution is -2.41. The third-order valence-electron chi connectivity index (χ3n) is 5.39. The summed E-state index contributed by atoms with van der Waals surface area (Å²) >= 11 is 0. The molecule has 160 valence electrons. The number of pyridine rings is 1. The number of amides is 1. The Hall–Kier alpha value is -3.68. The fourth-order valence-electron chi connectivity index (χ4n) is 3.70. The van der Waals surface area contributed by atoms with Crippen molar-refractivity contribution in [2.45, 2.75) is 12.8 Å². The molecule has 4 rings (SSSR count). The van der Waals surface area contributed by atoms with E-state index in [0.29, 0.717) is 23.7 Å². The number of ether oxygens (including phenoxy) is 2. The summed E-state index contributed by atoms with van der Waals surface area (Å²) < 4.78 is 10.6. The van der Waals surface area contributed by atoms with Crippen molar-refractivity contribution in [3.8, 4) is 22.8 Å². The second-order valence-electron chi connectivity index (χ2n) is 7.36. The van der Waals surface area contributed by atoms with E-state index < -0.39 is 0 Å². The van der Waals surface area contributed by atoms with Crippen molar-refractivity contribution in [1.29, 1.82) is 0 Å². The molecular weight excluding hydrogens is 394 g/mol. The van der Waals surface area contributed by atoms with Gasteiger partial charge in [-0.05, 0) is 49.2 Å². The largest absolute Gasteiger partial charge is 0.497 e. The van der Waals surface area contributed by atoms with Crippen molar-refractivity contribution in [1.82, 2.24) is 15.2 Å². The van der Waals surface area contributed by atoms with Gasteiger partial charge in [-0.3, -0.25) is 9.78 Å². The van der Waals surface area contributed by atoms with Crippen molar-refractivity contribution < 1.29 is 14.3 Å². The molecule has 2 aromatic heterocycles. The molecule has 0 bridgehead atoms. The van der Waals surface area contributed by atoms with Gasteiger partial charge >= 0.3 is 0 Å². The standard InChI is InChI=1S/C23H25N5O3/c1-30-18-7-8-20(21(13-18)31-2)25-23(29)17-6-4-12-28(15-17)22-10-9-19(26-27-22)16-5-3-11-24-14-16/h3,5,7-11,13-14,17H,4,6,12,15H2,1-2H3,(H,25,29). The number of benzene rings is 1. The molecule has 1 fully saturated rings. The summed E-state index contributed by atoms with van der Waals surface area (Å²) in [5.41, 5.74) is 2.33. The number of rotatable bonds is 6. The number of nitrogens with zero attached hydrogens (tertiary/aromatic N) is 4. The first-order valence-corrected chi connectivity index (χ1v) is 10.2. The van der Waals surface area contributed by atoms with Gasteiger partial charge in [0.1, 0.15) is 11.5 Å². The van der Waals surface area contributed by atoms with Gasteiger partial charge in [-0.2, -0.15) is 0 Å². The molecule has 1 amide bonds. The van der Waals surface area contributed by atoms with E-state index in [1.165, 1.54) is 0 Å². The van der Waals surface area contributed by atoms with Crippen LogP contribution in [0.2, 0.25) is 0 Å². The van der Waals surface area contributed by atoms with Crippen molar-refractivity contribution >= 4 is 17.4 Å². The van der Waals surface area contributed by atoms with E-state index in [9.17, 15) is 4.79 Å². The highest BCUT2D eigenvalue weighted by Gasteiger charge is 2.27. The molecule has 0 saturated carbocycles. The predicted molar refractivity (Wildman–Crippen MR) is 118 cm³/mol. The van der Waals surface area contributed by atoms with Crippen LogP contribution in [-0.4, -0.2) is 48.4 Å². The molecule has 0 spiro atoms. The Morgan fingerprint density at radius 1 is 1.13 bits per heavy atom. The Bertz CT molecular complexity index is 1030. The van der Waals surface area contributed by atoms with E-state index in [-0.39, 0.29) is 11.8 Å². The molecule has 8 nitrogen and oxygen atoms in total. The monoisotopic (exact) mass is 419 g/mol. The number of carbonyl (C=O) groups is 1. The summed E-state index contributed by atoms with van der Waals surface area (Å²) in [6, 6.07) is 13.0. The van der Waals surface area contributed by atoms with Gasteiger partial charge in [0.05, 0.1) is 31.5 Å². The zero-order chi connectivity index (χ0) is 21.6. The van der Waals surface area contributed by atoms with Gasteiger partial charge in [-0.15, -0.1) is 10.2 Å². The number of hydrogen-bond donors (Lipinski definition) is 1. The minimum atomic E-state index is -0.152. The smallest absolute Gasteiger partial charge is 0.229 e. The summed E-state index contributed by atoms with van der Waals surface area (Å²) in [5.74, 6) is 1.82. The summed E-state index contributed by atoms with van der Waals surface area (Å²) in [6.45, 7) is 1.43. The summed E-state index contributed by atoms with van der Waals surface area (Å²) in [6.07, 6.45) is 5.22. The SMILES string of the molecule is COc1ccc(NC(=O)C2CCCN(c3ccc(-c4cccnc4)nn3)C2)c(OC)c1. The average molecular weight is 419 g/mol. The van der Waals surface area contributed by atoms with Crippen molar-refractivity contribution in [2.24, 2.45) is 5.92 Å². The lowest BCUT2D eigenvalue weighted by atomic mass is 9.97. The van der Waals surface area contributed by atoms with E-state index in [1.54, 1.807) is 44.8 Å². The summed E-state index contributed by atoms with van der Waals surface area (Å²) in [7, 11) is 3.16. The lowest BCUT2D eigenvalue weighted by molar-refractivity contribution is -0.120. The number of hydrogen-bond acceptors (Lipinski definition) is 7. The third kappa shape index (κ3) is 4.74. The van der Waals surface area contributed by atoms with Gasteiger partial charge < -0.3 is 19.7 Å². The Morgan fingerprint density at radius 3 is 2.74 bits per heavy atom. The highest BCUT2D eigenvalue weighted by molar-refractivity contribution is 5.94. The van der Waals surface area contributed by atoms with E-state index in [4.69, 9.17) is 9.47 Å². The second-order valence-corrected chi connectivity index (χ2v) is 7.36. The molecule has 1 unspecified atom stereocenters. The number of anilines is 2. The molecule has 1 aliphatic heterocycles. The Labute approximate surface area is 181 Å². The maximum atomic E-state index is 12.9. The molecule has 3 aromatic rings. The highest BCUT2D eigenvalue weighted by atomic mass is 16.5. The molecule has 8 heteroatoms. The van der Waals surface area contributed by atoms with Crippen LogP contribution in [0, 0.1) is 5.92 Å². The van der Waals surface area contributed by atoms with Gasteiger partial charge in [0.25, 0.3) is 0 Å². The molecule has 3 heterocycles. The molecule has 1 atom stereocenters.